The van der Waals surface area contributed by atoms with E-state index >= 15 is 0 Å². The van der Waals surface area contributed by atoms with E-state index < -0.39 is 0 Å². The maximum atomic E-state index is 5.70. The Hall–Kier alpha value is -2.44. The van der Waals surface area contributed by atoms with Crippen LogP contribution in [-0.2, 0) is 6.42 Å². The summed E-state index contributed by atoms with van der Waals surface area (Å²) in [6, 6.07) is 12.2. The van der Waals surface area contributed by atoms with E-state index in [9.17, 15) is 0 Å². The fraction of sp³-hybridized carbons (Fsp3) is 0.400. The molecule has 138 valence electrons. The highest BCUT2D eigenvalue weighted by Crippen LogP contribution is 2.24. The van der Waals surface area contributed by atoms with Crippen LogP contribution in [0.3, 0.4) is 0 Å². The Morgan fingerprint density at radius 1 is 1.12 bits per heavy atom. The summed E-state index contributed by atoms with van der Waals surface area (Å²) in [6.45, 7) is 7.47. The number of benzene rings is 1. The summed E-state index contributed by atoms with van der Waals surface area (Å²) in [4.78, 5) is 11.7. The number of rotatable bonds is 9. The summed E-state index contributed by atoms with van der Waals surface area (Å²) in [7, 11) is 0. The Balaban J connectivity index is 1.89. The zero-order valence-corrected chi connectivity index (χ0v) is 15.5. The van der Waals surface area contributed by atoms with Gasteiger partial charge in [-0.1, -0.05) is 26.0 Å². The Bertz CT molecular complexity index is 814. The Kier molecular flexibility index (Phi) is 6.20. The molecule has 0 radical (unpaired) electrons. The van der Waals surface area contributed by atoms with Crippen molar-refractivity contribution in [1.82, 2.24) is 14.9 Å². The van der Waals surface area contributed by atoms with Crippen LogP contribution < -0.4 is 11.1 Å². The van der Waals surface area contributed by atoms with Gasteiger partial charge in [0.15, 0.2) is 0 Å². The minimum Gasteiger partial charge on any atom is -0.468 e. The predicted molar refractivity (Wildman–Crippen MR) is 105 cm³/mol. The molecule has 0 amide bonds. The van der Waals surface area contributed by atoms with Crippen LogP contribution in [0.2, 0.25) is 0 Å². The van der Waals surface area contributed by atoms with Crippen LogP contribution in [-0.4, -0.2) is 41.0 Å². The van der Waals surface area contributed by atoms with Gasteiger partial charge >= 0.3 is 0 Å². The van der Waals surface area contributed by atoms with Crippen molar-refractivity contribution in [1.29, 1.82) is 0 Å². The van der Waals surface area contributed by atoms with E-state index in [1.54, 1.807) is 6.26 Å². The molecule has 3 rings (SSSR count). The third-order valence-corrected chi connectivity index (χ3v) is 4.61. The van der Waals surface area contributed by atoms with Crippen LogP contribution in [0.4, 0.5) is 5.82 Å². The van der Waals surface area contributed by atoms with Crippen LogP contribution in [0.15, 0.2) is 47.1 Å². The second kappa shape index (κ2) is 8.78. The number of anilines is 1. The molecular formula is C20H27N5O. The van der Waals surface area contributed by atoms with Crippen LogP contribution in [0.1, 0.15) is 31.5 Å². The lowest BCUT2D eigenvalue weighted by atomic mass is 10.1. The standard InChI is InChI=1S/C20H27N5O/c1-3-25(4-2)17(18-10-7-13-26-18)14-22-20-15-8-5-6-9-16(15)23-19(24-20)11-12-21/h5-10,13,17H,3-4,11-12,14,21H2,1-2H3,(H,22,23,24). The van der Waals surface area contributed by atoms with E-state index in [-0.39, 0.29) is 6.04 Å². The first-order valence-electron chi connectivity index (χ1n) is 9.23. The zero-order valence-electron chi connectivity index (χ0n) is 15.5. The van der Waals surface area contributed by atoms with E-state index in [1.165, 1.54) is 0 Å². The van der Waals surface area contributed by atoms with E-state index in [2.05, 4.69) is 29.0 Å². The summed E-state index contributed by atoms with van der Waals surface area (Å²) in [6.07, 6.45) is 2.39. The average Bonchev–Trinajstić information content (AvgIpc) is 3.19. The summed E-state index contributed by atoms with van der Waals surface area (Å²) in [5.41, 5.74) is 6.63. The highest BCUT2D eigenvalue weighted by atomic mass is 16.3. The monoisotopic (exact) mass is 353 g/mol. The van der Waals surface area contributed by atoms with E-state index in [0.29, 0.717) is 19.5 Å². The zero-order chi connectivity index (χ0) is 18.4. The largest absolute Gasteiger partial charge is 0.468 e. The summed E-state index contributed by atoms with van der Waals surface area (Å²) in [5.74, 6) is 2.58. The molecule has 1 atom stereocenters. The molecule has 0 aliphatic rings. The number of hydrogen-bond donors (Lipinski definition) is 2. The number of likely N-dealkylation sites (N-methyl/N-ethyl adjacent to an activating group) is 1. The van der Waals surface area contributed by atoms with Gasteiger partial charge in [-0.05, 0) is 43.9 Å². The lowest BCUT2D eigenvalue weighted by Crippen LogP contribution is -2.33. The van der Waals surface area contributed by atoms with Crippen molar-refractivity contribution >= 4 is 16.7 Å². The van der Waals surface area contributed by atoms with Gasteiger partial charge in [-0.25, -0.2) is 9.97 Å². The predicted octanol–water partition coefficient (Wildman–Crippen LogP) is 3.22. The molecule has 2 aromatic heterocycles. The fourth-order valence-electron chi connectivity index (χ4n) is 3.25. The summed E-state index contributed by atoms with van der Waals surface area (Å²) in [5, 5.41) is 4.55. The lowest BCUT2D eigenvalue weighted by molar-refractivity contribution is 0.202. The second-order valence-electron chi connectivity index (χ2n) is 6.18. The fourth-order valence-corrected chi connectivity index (χ4v) is 3.25. The molecule has 6 nitrogen and oxygen atoms in total. The van der Waals surface area contributed by atoms with Crippen molar-refractivity contribution in [3.05, 3.63) is 54.2 Å². The first kappa shape index (κ1) is 18.4. The number of hydrogen-bond acceptors (Lipinski definition) is 6. The van der Waals surface area contributed by atoms with E-state index in [4.69, 9.17) is 15.1 Å². The number of nitrogens with one attached hydrogen (secondary N) is 1. The number of fused-ring (bicyclic) bond motifs is 1. The minimum absolute atomic E-state index is 0.145. The van der Waals surface area contributed by atoms with Gasteiger partial charge in [-0.2, -0.15) is 0 Å². The first-order valence-corrected chi connectivity index (χ1v) is 9.23. The van der Waals surface area contributed by atoms with Crippen molar-refractivity contribution in [2.24, 2.45) is 5.73 Å². The number of nitrogens with zero attached hydrogens (tertiary/aromatic N) is 3. The number of nitrogens with two attached hydrogens (primary N) is 1. The highest BCUT2D eigenvalue weighted by Gasteiger charge is 2.21. The van der Waals surface area contributed by atoms with Crippen molar-refractivity contribution in [3.63, 3.8) is 0 Å². The van der Waals surface area contributed by atoms with Gasteiger partial charge in [0, 0.05) is 18.4 Å². The maximum Gasteiger partial charge on any atom is 0.137 e. The smallest absolute Gasteiger partial charge is 0.137 e. The topological polar surface area (TPSA) is 80.2 Å². The van der Waals surface area contributed by atoms with Crippen LogP contribution in [0, 0.1) is 0 Å². The molecule has 3 N–H and O–H groups in total. The Morgan fingerprint density at radius 3 is 2.62 bits per heavy atom. The van der Waals surface area contributed by atoms with Crippen molar-refractivity contribution in [2.45, 2.75) is 26.3 Å². The Morgan fingerprint density at radius 2 is 1.92 bits per heavy atom. The molecular weight excluding hydrogens is 326 g/mol. The second-order valence-corrected chi connectivity index (χ2v) is 6.18. The molecule has 6 heteroatoms. The van der Waals surface area contributed by atoms with E-state index in [1.807, 2.05) is 36.4 Å². The average molecular weight is 353 g/mol. The summed E-state index contributed by atoms with van der Waals surface area (Å²) >= 11 is 0. The number of para-hydroxylation sites is 1. The molecule has 0 aliphatic carbocycles. The molecule has 3 aromatic rings. The molecule has 26 heavy (non-hydrogen) atoms. The van der Waals surface area contributed by atoms with Gasteiger partial charge in [0.2, 0.25) is 0 Å². The van der Waals surface area contributed by atoms with Gasteiger partial charge in [-0.3, -0.25) is 4.90 Å². The van der Waals surface area contributed by atoms with Crippen LogP contribution in [0.25, 0.3) is 10.9 Å². The van der Waals surface area contributed by atoms with Gasteiger partial charge < -0.3 is 15.5 Å². The molecule has 0 bridgehead atoms. The van der Waals surface area contributed by atoms with Crippen molar-refractivity contribution in [3.8, 4) is 0 Å². The van der Waals surface area contributed by atoms with Crippen molar-refractivity contribution < 1.29 is 4.42 Å². The third-order valence-electron chi connectivity index (χ3n) is 4.61. The van der Waals surface area contributed by atoms with Crippen molar-refractivity contribution in [2.75, 3.05) is 31.5 Å². The quantitative estimate of drug-likeness (QED) is 0.615. The molecule has 0 saturated heterocycles. The van der Waals surface area contributed by atoms with Gasteiger partial charge in [-0.15, -0.1) is 0 Å². The lowest BCUT2D eigenvalue weighted by Gasteiger charge is -2.28. The van der Waals surface area contributed by atoms with E-state index in [0.717, 1.165) is 41.4 Å². The molecule has 0 aliphatic heterocycles. The minimum atomic E-state index is 0.145. The van der Waals surface area contributed by atoms with Crippen LogP contribution >= 0.6 is 0 Å². The maximum absolute atomic E-state index is 5.70. The SMILES string of the molecule is CCN(CC)C(CNc1nc(CCN)nc2ccccc12)c1ccco1. The normalized spacial score (nSPS) is 12.6. The van der Waals surface area contributed by atoms with Gasteiger partial charge in [0.25, 0.3) is 0 Å². The molecule has 1 aromatic carbocycles. The summed E-state index contributed by atoms with van der Waals surface area (Å²) < 4.78 is 5.69. The number of aromatic nitrogens is 2. The molecule has 0 saturated carbocycles. The highest BCUT2D eigenvalue weighted by molar-refractivity contribution is 5.89. The van der Waals surface area contributed by atoms with Gasteiger partial charge in [0.1, 0.15) is 17.4 Å². The molecule has 0 spiro atoms. The third kappa shape index (κ3) is 4.03. The van der Waals surface area contributed by atoms with Crippen LogP contribution in [0.5, 0.6) is 0 Å². The Labute approximate surface area is 154 Å². The molecule has 1 unspecified atom stereocenters. The first-order chi connectivity index (χ1) is 12.8. The molecule has 0 fully saturated rings. The number of furan rings is 1. The molecule has 2 heterocycles. The van der Waals surface area contributed by atoms with Gasteiger partial charge in [0.05, 0.1) is 17.8 Å².